The van der Waals surface area contributed by atoms with Gasteiger partial charge in [0.25, 0.3) is 5.91 Å². The second kappa shape index (κ2) is 8.96. The highest BCUT2D eigenvalue weighted by molar-refractivity contribution is 7.17. The van der Waals surface area contributed by atoms with Crippen molar-refractivity contribution in [3.8, 4) is 0 Å². The lowest BCUT2D eigenvalue weighted by Crippen LogP contribution is -2.38. The van der Waals surface area contributed by atoms with E-state index in [0.717, 1.165) is 36.1 Å². The SMILES string of the molecule is COCC(C)NC(=O)COC(=O)c1c(NC(C)=O)sc2c1CCCC2. The second-order valence-corrected chi connectivity index (χ2v) is 7.20. The van der Waals surface area contributed by atoms with Crippen molar-refractivity contribution in [1.82, 2.24) is 5.32 Å². The zero-order chi connectivity index (χ0) is 18.4. The van der Waals surface area contributed by atoms with Gasteiger partial charge in [-0.25, -0.2) is 4.79 Å². The molecule has 1 aliphatic carbocycles. The number of carbonyl (C=O) groups is 3. The molecule has 0 saturated heterocycles. The predicted molar refractivity (Wildman–Crippen MR) is 95.0 cm³/mol. The molecule has 1 aliphatic rings. The van der Waals surface area contributed by atoms with Gasteiger partial charge in [0.1, 0.15) is 5.00 Å². The number of rotatable bonds is 7. The molecule has 2 N–H and O–H groups in total. The van der Waals surface area contributed by atoms with E-state index in [4.69, 9.17) is 9.47 Å². The molecule has 25 heavy (non-hydrogen) atoms. The van der Waals surface area contributed by atoms with E-state index in [-0.39, 0.29) is 24.5 Å². The summed E-state index contributed by atoms with van der Waals surface area (Å²) in [6, 6.07) is -0.167. The van der Waals surface area contributed by atoms with E-state index in [1.165, 1.54) is 18.3 Å². The van der Waals surface area contributed by atoms with Gasteiger partial charge in [-0.15, -0.1) is 11.3 Å². The molecule has 0 spiro atoms. The largest absolute Gasteiger partial charge is 0.452 e. The number of hydrogen-bond acceptors (Lipinski definition) is 6. The maximum absolute atomic E-state index is 12.5. The molecule has 7 nitrogen and oxygen atoms in total. The molecule has 0 bridgehead atoms. The van der Waals surface area contributed by atoms with Crippen LogP contribution in [0.4, 0.5) is 5.00 Å². The zero-order valence-corrected chi connectivity index (χ0v) is 15.6. The van der Waals surface area contributed by atoms with Crippen molar-refractivity contribution in [3.63, 3.8) is 0 Å². The van der Waals surface area contributed by atoms with Crippen LogP contribution in [0.3, 0.4) is 0 Å². The summed E-state index contributed by atoms with van der Waals surface area (Å²) in [5, 5.41) is 5.90. The number of esters is 1. The van der Waals surface area contributed by atoms with Crippen molar-refractivity contribution in [2.24, 2.45) is 0 Å². The quantitative estimate of drug-likeness (QED) is 0.717. The Balaban J connectivity index is 2.06. The number of nitrogens with one attached hydrogen (secondary N) is 2. The number of carbonyl (C=O) groups excluding carboxylic acids is 3. The predicted octanol–water partition coefficient (Wildman–Crippen LogP) is 1.89. The maximum Gasteiger partial charge on any atom is 0.341 e. The van der Waals surface area contributed by atoms with Crippen LogP contribution in [0.1, 0.15) is 47.5 Å². The van der Waals surface area contributed by atoms with Gasteiger partial charge >= 0.3 is 5.97 Å². The van der Waals surface area contributed by atoms with E-state index in [2.05, 4.69) is 10.6 Å². The van der Waals surface area contributed by atoms with Crippen molar-refractivity contribution in [2.75, 3.05) is 25.6 Å². The van der Waals surface area contributed by atoms with E-state index in [1.54, 1.807) is 14.0 Å². The standard InChI is InChI=1S/C17H24N2O5S/c1-10(8-23-3)18-14(21)9-24-17(22)15-12-6-4-5-7-13(12)25-16(15)19-11(2)20/h10H,4-9H2,1-3H3,(H,18,21)(H,19,20). The third kappa shape index (κ3) is 5.27. The number of aryl methyl sites for hydroxylation is 1. The summed E-state index contributed by atoms with van der Waals surface area (Å²) in [4.78, 5) is 36.9. The Morgan fingerprint density at radius 3 is 2.64 bits per heavy atom. The summed E-state index contributed by atoms with van der Waals surface area (Å²) in [6.07, 6.45) is 3.75. The lowest BCUT2D eigenvalue weighted by atomic mass is 9.95. The first-order valence-corrected chi connectivity index (χ1v) is 9.11. The summed E-state index contributed by atoms with van der Waals surface area (Å²) in [6.45, 7) is 3.22. The lowest BCUT2D eigenvalue weighted by Gasteiger charge is -2.14. The van der Waals surface area contributed by atoms with Gasteiger partial charge in [0.15, 0.2) is 6.61 Å². The molecule has 0 aliphatic heterocycles. The molecular weight excluding hydrogens is 344 g/mol. The fourth-order valence-electron chi connectivity index (χ4n) is 2.84. The van der Waals surface area contributed by atoms with E-state index < -0.39 is 5.97 Å². The number of amides is 2. The summed E-state index contributed by atoms with van der Waals surface area (Å²) in [7, 11) is 1.55. The van der Waals surface area contributed by atoms with Crippen LogP contribution >= 0.6 is 11.3 Å². The molecule has 1 aromatic rings. The number of thiophene rings is 1. The molecule has 1 heterocycles. The second-order valence-electron chi connectivity index (χ2n) is 6.10. The summed E-state index contributed by atoms with van der Waals surface area (Å²) < 4.78 is 10.1. The average molecular weight is 368 g/mol. The highest BCUT2D eigenvalue weighted by Gasteiger charge is 2.27. The Labute approximate surface area is 151 Å². The molecule has 0 aromatic carbocycles. The van der Waals surface area contributed by atoms with Crippen LogP contribution < -0.4 is 10.6 Å². The Bertz CT molecular complexity index is 656. The minimum atomic E-state index is -0.572. The van der Waals surface area contributed by atoms with Crippen LogP contribution in [-0.2, 0) is 31.9 Å². The van der Waals surface area contributed by atoms with E-state index in [1.807, 2.05) is 0 Å². The van der Waals surface area contributed by atoms with Gasteiger partial charge < -0.3 is 20.1 Å². The van der Waals surface area contributed by atoms with E-state index in [0.29, 0.717) is 17.2 Å². The Kier molecular flexibility index (Phi) is 6.95. The number of fused-ring (bicyclic) bond motifs is 1. The van der Waals surface area contributed by atoms with Crippen molar-refractivity contribution < 1.29 is 23.9 Å². The van der Waals surface area contributed by atoms with Crippen LogP contribution in [0.25, 0.3) is 0 Å². The Hall–Kier alpha value is -1.93. The normalized spacial score (nSPS) is 14.4. The molecule has 0 fully saturated rings. The third-order valence-corrected chi connectivity index (χ3v) is 5.03. The molecule has 8 heteroatoms. The topological polar surface area (TPSA) is 93.7 Å². The van der Waals surface area contributed by atoms with Gasteiger partial charge in [-0.2, -0.15) is 0 Å². The van der Waals surface area contributed by atoms with Crippen molar-refractivity contribution in [2.45, 2.75) is 45.6 Å². The van der Waals surface area contributed by atoms with Gasteiger partial charge in [0, 0.05) is 25.0 Å². The molecule has 2 amide bonds. The molecule has 2 rings (SSSR count). The van der Waals surface area contributed by atoms with Crippen molar-refractivity contribution in [1.29, 1.82) is 0 Å². The number of methoxy groups -OCH3 is 1. The van der Waals surface area contributed by atoms with Crippen LogP contribution in [-0.4, -0.2) is 44.1 Å². The van der Waals surface area contributed by atoms with Crippen LogP contribution in [0.5, 0.6) is 0 Å². The third-order valence-electron chi connectivity index (χ3n) is 3.82. The molecule has 1 unspecified atom stereocenters. The first kappa shape index (κ1) is 19.4. The monoisotopic (exact) mass is 368 g/mol. The number of anilines is 1. The minimum Gasteiger partial charge on any atom is -0.452 e. The van der Waals surface area contributed by atoms with Crippen LogP contribution in [0.2, 0.25) is 0 Å². The van der Waals surface area contributed by atoms with Gasteiger partial charge in [0.05, 0.1) is 12.2 Å². The van der Waals surface area contributed by atoms with E-state index >= 15 is 0 Å². The maximum atomic E-state index is 12.5. The molecule has 0 radical (unpaired) electrons. The first-order valence-electron chi connectivity index (χ1n) is 8.30. The molecule has 138 valence electrons. The fourth-order valence-corrected chi connectivity index (χ4v) is 4.16. The van der Waals surface area contributed by atoms with Crippen LogP contribution in [0, 0.1) is 0 Å². The van der Waals surface area contributed by atoms with Gasteiger partial charge in [-0.05, 0) is 38.2 Å². The molecular formula is C17H24N2O5S. The number of hydrogen-bond donors (Lipinski definition) is 2. The van der Waals surface area contributed by atoms with Crippen molar-refractivity contribution in [3.05, 3.63) is 16.0 Å². The number of ether oxygens (including phenoxy) is 2. The molecule has 0 saturated carbocycles. The van der Waals surface area contributed by atoms with Gasteiger partial charge in [0.2, 0.25) is 5.91 Å². The van der Waals surface area contributed by atoms with E-state index in [9.17, 15) is 14.4 Å². The smallest absolute Gasteiger partial charge is 0.341 e. The average Bonchev–Trinajstić information content (AvgIpc) is 2.89. The summed E-state index contributed by atoms with van der Waals surface area (Å²) >= 11 is 1.42. The van der Waals surface area contributed by atoms with Gasteiger partial charge in [-0.3, -0.25) is 9.59 Å². The highest BCUT2D eigenvalue weighted by atomic mass is 32.1. The molecule has 1 atom stereocenters. The van der Waals surface area contributed by atoms with Gasteiger partial charge in [-0.1, -0.05) is 0 Å². The fraction of sp³-hybridized carbons (Fsp3) is 0.588. The zero-order valence-electron chi connectivity index (χ0n) is 14.8. The van der Waals surface area contributed by atoms with Crippen molar-refractivity contribution >= 4 is 34.1 Å². The Morgan fingerprint density at radius 2 is 1.96 bits per heavy atom. The molecule has 1 aromatic heterocycles. The lowest BCUT2D eigenvalue weighted by molar-refractivity contribution is -0.125. The van der Waals surface area contributed by atoms with Crippen LogP contribution in [0.15, 0.2) is 0 Å². The Morgan fingerprint density at radius 1 is 1.24 bits per heavy atom. The first-order chi connectivity index (χ1) is 11.9. The summed E-state index contributed by atoms with van der Waals surface area (Å²) in [5.41, 5.74) is 1.34. The summed E-state index contributed by atoms with van der Waals surface area (Å²) in [5.74, 6) is -1.19. The minimum absolute atomic E-state index is 0.167. The highest BCUT2D eigenvalue weighted by Crippen LogP contribution is 2.38.